The molecule has 1 aliphatic heterocycles. The van der Waals surface area contributed by atoms with Crippen LogP contribution in [0, 0.1) is 13.8 Å². The quantitative estimate of drug-likeness (QED) is 0.460. The molecule has 0 aliphatic carbocycles. The summed E-state index contributed by atoms with van der Waals surface area (Å²) in [5.74, 6) is 0.121. The number of carbonyl (C=O) groups excluding carboxylic acids is 1. The molecule has 1 atom stereocenters. The van der Waals surface area contributed by atoms with E-state index in [4.69, 9.17) is 4.98 Å². The number of thioether (sulfide) groups is 1. The number of nitrogens with zero attached hydrogens (tertiary/aromatic N) is 3. The molecule has 2 aromatic carbocycles. The summed E-state index contributed by atoms with van der Waals surface area (Å²) in [6.45, 7) is 7.55. The van der Waals surface area contributed by atoms with Gasteiger partial charge in [0, 0.05) is 13.1 Å². The number of hydrogen-bond donors (Lipinski definition) is 0. The Morgan fingerprint density at radius 2 is 1.67 bits per heavy atom. The van der Waals surface area contributed by atoms with E-state index >= 15 is 0 Å². The SMILES string of the molecule is Cc1cccc(C)c1-n1c(S[C@@H](C)C(=O)N2CCCCC2)nc2ccccc2c1=O. The Labute approximate surface area is 181 Å². The molecule has 156 valence electrons. The van der Waals surface area contributed by atoms with Gasteiger partial charge in [0.15, 0.2) is 5.16 Å². The topological polar surface area (TPSA) is 55.2 Å². The predicted octanol–water partition coefficient (Wildman–Crippen LogP) is 4.50. The Hall–Kier alpha value is -2.60. The van der Waals surface area contributed by atoms with Crippen molar-refractivity contribution in [2.45, 2.75) is 50.4 Å². The molecule has 6 heteroatoms. The monoisotopic (exact) mass is 421 g/mol. The molecule has 5 nitrogen and oxygen atoms in total. The summed E-state index contributed by atoms with van der Waals surface area (Å²) < 4.78 is 1.69. The van der Waals surface area contributed by atoms with Gasteiger partial charge < -0.3 is 4.90 Å². The second kappa shape index (κ2) is 8.64. The molecular weight excluding hydrogens is 394 g/mol. The van der Waals surface area contributed by atoms with Gasteiger partial charge in [-0.25, -0.2) is 4.98 Å². The van der Waals surface area contributed by atoms with Crippen molar-refractivity contribution in [3.8, 4) is 5.69 Å². The molecule has 0 radical (unpaired) electrons. The Morgan fingerprint density at radius 1 is 1.00 bits per heavy atom. The molecule has 1 amide bonds. The fraction of sp³-hybridized carbons (Fsp3) is 0.375. The highest BCUT2D eigenvalue weighted by Crippen LogP contribution is 2.29. The first-order valence-corrected chi connectivity index (χ1v) is 11.4. The highest BCUT2D eigenvalue weighted by molar-refractivity contribution is 8.00. The van der Waals surface area contributed by atoms with Crippen LogP contribution >= 0.6 is 11.8 Å². The molecule has 1 fully saturated rings. The highest BCUT2D eigenvalue weighted by atomic mass is 32.2. The summed E-state index contributed by atoms with van der Waals surface area (Å²) in [6.07, 6.45) is 3.30. The van der Waals surface area contributed by atoms with Crippen LogP contribution < -0.4 is 5.56 Å². The third kappa shape index (κ3) is 3.88. The Morgan fingerprint density at radius 3 is 2.37 bits per heavy atom. The van der Waals surface area contributed by atoms with Crippen molar-refractivity contribution in [2.75, 3.05) is 13.1 Å². The van der Waals surface area contributed by atoms with E-state index in [9.17, 15) is 9.59 Å². The summed E-state index contributed by atoms with van der Waals surface area (Å²) in [5.41, 5.74) is 3.42. The van der Waals surface area contributed by atoms with Gasteiger partial charge in [-0.1, -0.05) is 42.1 Å². The lowest BCUT2D eigenvalue weighted by Crippen LogP contribution is -2.40. The average molecular weight is 422 g/mol. The molecule has 0 spiro atoms. The number of aryl methyl sites for hydroxylation is 2. The van der Waals surface area contributed by atoms with Crippen LogP contribution in [-0.2, 0) is 4.79 Å². The number of carbonyl (C=O) groups is 1. The molecule has 0 N–H and O–H groups in total. The molecule has 30 heavy (non-hydrogen) atoms. The minimum Gasteiger partial charge on any atom is -0.342 e. The first-order chi connectivity index (χ1) is 14.5. The van der Waals surface area contributed by atoms with Gasteiger partial charge in [0.05, 0.1) is 21.8 Å². The van der Waals surface area contributed by atoms with Crippen LogP contribution in [0.15, 0.2) is 52.4 Å². The Kier molecular flexibility index (Phi) is 5.95. The average Bonchev–Trinajstić information content (AvgIpc) is 2.75. The van der Waals surface area contributed by atoms with Crippen molar-refractivity contribution in [1.82, 2.24) is 14.5 Å². The fourth-order valence-electron chi connectivity index (χ4n) is 4.13. The minimum atomic E-state index is -0.313. The van der Waals surface area contributed by atoms with E-state index in [-0.39, 0.29) is 16.7 Å². The Bertz CT molecular complexity index is 1130. The summed E-state index contributed by atoms with van der Waals surface area (Å²) >= 11 is 1.37. The maximum atomic E-state index is 13.5. The van der Waals surface area contributed by atoms with Crippen LogP contribution in [0.4, 0.5) is 0 Å². The number of para-hydroxylation sites is 2. The number of hydrogen-bond acceptors (Lipinski definition) is 4. The van der Waals surface area contributed by atoms with Crippen LogP contribution in [0.3, 0.4) is 0 Å². The van der Waals surface area contributed by atoms with Crippen molar-refractivity contribution >= 4 is 28.6 Å². The Balaban J connectivity index is 1.82. The largest absolute Gasteiger partial charge is 0.342 e. The molecule has 0 saturated carbocycles. The zero-order valence-electron chi connectivity index (χ0n) is 17.7. The predicted molar refractivity (Wildman–Crippen MR) is 123 cm³/mol. The van der Waals surface area contributed by atoms with Crippen LogP contribution in [0.5, 0.6) is 0 Å². The van der Waals surface area contributed by atoms with E-state index in [0.717, 1.165) is 42.7 Å². The number of likely N-dealkylation sites (tertiary alicyclic amines) is 1. The van der Waals surface area contributed by atoms with Gasteiger partial charge >= 0.3 is 0 Å². The lowest BCUT2D eigenvalue weighted by molar-refractivity contribution is -0.131. The second-order valence-electron chi connectivity index (χ2n) is 7.94. The highest BCUT2D eigenvalue weighted by Gasteiger charge is 2.26. The first-order valence-electron chi connectivity index (χ1n) is 10.5. The summed E-state index contributed by atoms with van der Waals surface area (Å²) in [5, 5.41) is 0.834. The maximum absolute atomic E-state index is 13.5. The van der Waals surface area contributed by atoms with Gasteiger partial charge in [-0.3, -0.25) is 14.2 Å². The van der Waals surface area contributed by atoms with Gasteiger partial charge in [-0.2, -0.15) is 0 Å². The molecule has 3 aromatic rings. The smallest absolute Gasteiger partial charge is 0.266 e. The van der Waals surface area contributed by atoms with Crippen molar-refractivity contribution in [2.24, 2.45) is 0 Å². The zero-order valence-corrected chi connectivity index (χ0v) is 18.5. The lowest BCUT2D eigenvalue weighted by Gasteiger charge is -2.29. The number of aromatic nitrogens is 2. The molecule has 1 aromatic heterocycles. The van der Waals surface area contributed by atoms with Gasteiger partial charge in [-0.15, -0.1) is 0 Å². The molecule has 1 saturated heterocycles. The molecule has 4 rings (SSSR count). The summed E-state index contributed by atoms with van der Waals surface area (Å²) in [6, 6.07) is 13.4. The van der Waals surface area contributed by atoms with E-state index in [1.54, 1.807) is 4.57 Å². The number of fused-ring (bicyclic) bond motifs is 1. The minimum absolute atomic E-state index is 0.0990. The molecule has 2 heterocycles. The summed E-state index contributed by atoms with van der Waals surface area (Å²) in [4.78, 5) is 33.3. The lowest BCUT2D eigenvalue weighted by atomic mass is 10.1. The number of rotatable bonds is 4. The second-order valence-corrected chi connectivity index (χ2v) is 9.25. The van der Waals surface area contributed by atoms with Crippen LogP contribution in [0.1, 0.15) is 37.3 Å². The van der Waals surface area contributed by atoms with Crippen LogP contribution in [-0.4, -0.2) is 38.7 Å². The van der Waals surface area contributed by atoms with E-state index in [0.29, 0.717) is 16.1 Å². The fourth-order valence-corrected chi connectivity index (χ4v) is 5.12. The number of benzene rings is 2. The zero-order chi connectivity index (χ0) is 21.3. The van der Waals surface area contributed by atoms with Crippen molar-refractivity contribution in [1.29, 1.82) is 0 Å². The van der Waals surface area contributed by atoms with E-state index in [1.807, 2.05) is 68.1 Å². The van der Waals surface area contributed by atoms with Crippen LogP contribution in [0.25, 0.3) is 16.6 Å². The number of piperidine rings is 1. The van der Waals surface area contributed by atoms with E-state index in [2.05, 4.69) is 0 Å². The van der Waals surface area contributed by atoms with Crippen molar-refractivity contribution < 1.29 is 4.79 Å². The molecule has 0 unspecified atom stereocenters. The molecule has 0 bridgehead atoms. The molecule has 1 aliphatic rings. The standard InChI is InChI=1S/C24H27N3O2S/c1-16-10-9-11-17(2)21(16)27-23(29)19-12-5-6-13-20(19)25-24(27)30-18(3)22(28)26-14-7-4-8-15-26/h5-6,9-13,18H,4,7-8,14-15H2,1-3H3/t18-/m0/s1. The van der Waals surface area contributed by atoms with Gasteiger partial charge in [-0.05, 0) is 63.3 Å². The van der Waals surface area contributed by atoms with Crippen molar-refractivity contribution in [3.05, 3.63) is 63.9 Å². The number of amides is 1. The summed E-state index contributed by atoms with van der Waals surface area (Å²) in [7, 11) is 0. The first kappa shape index (κ1) is 20.7. The van der Waals surface area contributed by atoms with E-state index in [1.165, 1.54) is 18.2 Å². The van der Waals surface area contributed by atoms with E-state index < -0.39 is 0 Å². The third-order valence-corrected chi connectivity index (χ3v) is 6.75. The van der Waals surface area contributed by atoms with Gasteiger partial charge in [0.25, 0.3) is 5.56 Å². The molecular formula is C24H27N3O2S. The van der Waals surface area contributed by atoms with Gasteiger partial charge in [0.1, 0.15) is 0 Å². The van der Waals surface area contributed by atoms with Crippen LogP contribution in [0.2, 0.25) is 0 Å². The van der Waals surface area contributed by atoms with Crippen molar-refractivity contribution in [3.63, 3.8) is 0 Å². The maximum Gasteiger partial charge on any atom is 0.266 e. The third-order valence-electron chi connectivity index (χ3n) is 5.71. The van der Waals surface area contributed by atoms with Gasteiger partial charge in [0.2, 0.25) is 5.91 Å². The normalized spacial score (nSPS) is 15.4.